The van der Waals surface area contributed by atoms with Crippen molar-refractivity contribution in [3.05, 3.63) is 94.7 Å². The van der Waals surface area contributed by atoms with E-state index in [4.69, 9.17) is 9.57 Å². The predicted molar refractivity (Wildman–Crippen MR) is 116 cm³/mol. The molecule has 1 aliphatic rings. The summed E-state index contributed by atoms with van der Waals surface area (Å²) >= 11 is 0. The van der Waals surface area contributed by atoms with Gasteiger partial charge in [-0.05, 0) is 35.9 Å². The van der Waals surface area contributed by atoms with Gasteiger partial charge in [0.25, 0.3) is 5.91 Å². The lowest BCUT2D eigenvalue weighted by atomic mass is 9.98. The number of hydrogen-bond acceptors (Lipinski definition) is 7. The van der Waals surface area contributed by atoms with Gasteiger partial charge in [0.2, 0.25) is 6.10 Å². The molecule has 0 saturated carbocycles. The summed E-state index contributed by atoms with van der Waals surface area (Å²) in [6, 6.07) is 17.1. The van der Waals surface area contributed by atoms with E-state index in [1.165, 1.54) is 0 Å². The first-order valence-electron chi connectivity index (χ1n) is 9.69. The fraction of sp³-hybridized carbons (Fsp3) is 0.174. The van der Waals surface area contributed by atoms with Crippen molar-refractivity contribution in [2.75, 3.05) is 12.4 Å². The van der Waals surface area contributed by atoms with Crippen LogP contribution in [-0.4, -0.2) is 29.8 Å². The van der Waals surface area contributed by atoms with Crippen molar-refractivity contribution in [1.82, 2.24) is 4.98 Å². The van der Waals surface area contributed by atoms with E-state index < -0.39 is 12.1 Å². The van der Waals surface area contributed by atoms with Crippen molar-refractivity contribution in [2.24, 2.45) is 10.3 Å². The first-order chi connectivity index (χ1) is 15.2. The molecule has 8 heteroatoms. The number of carbonyl (C=O) groups is 1. The molecule has 0 spiro atoms. The maximum absolute atomic E-state index is 12.6. The quantitative estimate of drug-likeness (QED) is 0.585. The lowest BCUT2D eigenvalue weighted by Crippen LogP contribution is -2.28. The Morgan fingerprint density at radius 2 is 1.97 bits per heavy atom. The zero-order chi connectivity index (χ0) is 21.6. The third-order valence-corrected chi connectivity index (χ3v) is 4.99. The zero-order valence-electron chi connectivity index (χ0n) is 16.8. The van der Waals surface area contributed by atoms with E-state index in [2.05, 4.69) is 20.6 Å². The van der Waals surface area contributed by atoms with Crippen LogP contribution in [0.1, 0.15) is 29.2 Å². The lowest BCUT2D eigenvalue weighted by Gasteiger charge is -2.15. The van der Waals surface area contributed by atoms with Crippen LogP contribution in [0.25, 0.3) is 0 Å². The molecule has 1 aromatic heterocycles. The SMILES string of the molecule is COc1ccccc1C(N=O)c1ccc(NC(=O)C2CC(c3cccnc3)=NO2)cc1. The lowest BCUT2D eigenvalue weighted by molar-refractivity contribution is -0.125. The minimum absolute atomic E-state index is 0.301. The van der Waals surface area contributed by atoms with Gasteiger partial charge < -0.3 is 14.9 Å². The maximum Gasteiger partial charge on any atom is 0.268 e. The number of oxime groups is 1. The Morgan fingerprint density at radius 1 is 1.16 bits per heavy atom. The largest absolute Gasteiger partial charge is 0.496 e. The molecule has 0 bridgehead atoms. The molecular weight excluding hydrogens is 396 g/mol. The van der Waals surface area contributed by atoms with Crippen LogP contribution in [0.3, 0.4) is 0 Å². The van der Waals surface area contributed by atoms with Crippen molar-refractivity contribution in [1.29, 1.82) is 0 Å². The molecule has 2 atom stereocenters. The smallest absolute Gasteiger partial charge is 0.268 e. The number of rotatable bonds is 7. The number of hydrogen-bond donors (Lipinski definition) is 1. The van der Waals surface area contributed by atoms with Crippen LogP contribution in [0.2, 0.25) is 0 Å². The molecule has 31 heavy (non-hydrogen) atoms. The number of anilines is 1. The van der Waals surface area contributed by atoms with Crippen molar-refractivity contribution in [3.8, 4) is 5.75 Å². The fourth-order valence-corrected chi connectivity index (χ4v) is 3.38. The number of amides is 1. The molecule has 0 fully saturated rings. The average Bonchev–Trinajstić information content (AvgIpc) is 3.32. The van der Waals surface area contributed by atoms with Crippen LogP contribution < -0.4 is 10.1 Å². The van der Waals surface area contributed by atoms with Crippen molar-refractivity contribution >= 4 is 17.3 Å². The summed E-state index contributed by atoms with van der Waals surface area (Å²) in [6.07, 6.45) is 3.00. The normalized spacial score (nSPS) is 16.0. The van der Waals surface area contributed by atoms with Gasteiger partial charge in [-0.3, -0.25) is 9.78 Å². The van der Waals surface area contributed by atoms with Crippen LogP contribution in [0.15, 0.2) is 83.4 Å². The fourth-order valence-electron chi connectivity index (χ4n) is 3.38. The number of nitrogens with zero attached hydrogens (tertiary/aromatic N) is 3. The third-order valence-electron chi connectivity index (χ3n) is 4.99. The number of nitroso groups, excluding NO2 is 1. The van der Waals surface area contributed by atoms with Crippen molar-refractivity contribution in [3.63, 3.8) is 0 Å². The van der Waals surface area contributed by atoms with Gasteiger partial charge >= 0.3 is 0 Å². The minimum Gasteiger partial charge on any atom is -0.496 e. The molecule has 2 unspecified atom stereocenters. The monoisotopic (exact) mass is 416 g/mol. The second kappa shape index (κ2) is 9.17. The van der Waals surface area contributed by atoms with Crippen LogP contribution in [0.5, 0.6) is 5.75 Å². The standard InChI is InChI=1S/C23H20N4O4/c1-30-20-7-3-2-6-18(20)22(26-29)15-8-10-17(11-9-15)25-23(28)21-13-19(27-31-21)16-5-4-12-24-14-16/h2-12,14,21-22H,13H2,1H3,(H,25,28). The van der Waals surface area contributed by atoms with E-state index in [1.54, 1.807) is 62.0 Å². The molecule has 1 N–H and O–H groups in total. The summed E-state index contributed by atoms with van der Waals surface area (Å²) in [7, 11) is 1.55. The summed E-state index contributed by atoms with van der Waals surface area (Å²) < 4.78 is 5.34. The summed E-state index contributed by atoms with van der Waals surface area (Å²) in [5.74, 6) is 0.289. The molecular formula is C23H20N4O4. The van der Waals surface area contributed by atoms with Crippen molar-refractivity contribution in [2.45, 2.75) is 18.6 Å². The van der Waals surface area contributed by atoms with E-state index in [0.717, 1.165) is 5.56 Å². The summed E-state index contributed by atoms with van der Waals surface area (Å²) in [5.41, 5.74) is 3.45. The van der Waals surface area contributed by atoms with Crippen LogP contribution >= 0.6 is 0 Å². The number of methoxy groups -OCH3 is 1. The molecule has 8 nitrogen and oxygen atoms in total. The van der Waals surface area contributed by atoms with Gasteiger partial charge in [-0.25, -0.2) is 0 Å². The highest BCUT2D eigenvalue weighted by atomic mass is 16.6. The number of pyridine rings is 1. The average molecular weight is 416 g/mol. The van der Waals surface area contributed by atoms with Crippen LogP contribution in [-0.2, 0) is 9.63 Å². The highest BCUT2D eigenvalue weighted by molar-refractivity contribution is 6.05. The Kier molecular flexibility index (Phi) is 5.98. The molecule has 156 valence electrons. The summed E-state index contributed by atoms with van der Waals surface area (Å²) in [5, 5.41) is 10.1. The first-order valence-corrected chi connectivity index (χ1v) is 9.69. The number of aromatic nitrogens is 1. The van der Waals surface area contributed by atoms with Gasteiger partial charge in [0.05, 0.1) is 12.8 Å². The topological polar surface area (TPSA) is 102 Å². The van der Waals surface area contributed by atoms with Gasteiger partial charge in [-0.1, -0.05) is 40.7 Å². The Balaban J connectivity index is 1.42. The Bertz CT molecular complexity index is 1100. The van der Waals surface area contributed by atoms with Gasteiger partial charge in [0, 0.05) is 35.6 Å². The number of ether oxygens (including phenoxy) is 1. The molecule has 3 aromatic rings. The molecule has 0 saturated heterocycles. The molecule has 2 aromatic carbocycles. The Labute approximate surface area is 178 Å². The molecule has 2 heterocycles. The summed E-state index contributed by atoms with van der Waals surface area (Å²) in [4.78, 5) is 33.5. The second-order valence-corrected chi connectivity index (χ2v) is 6.94. The number of nitrogens with one attached hydrogen (secondary N) is 1. The maximum atomic E-state index is 12.6. The molecule has 4 rings (SSSR count). The number of benzene rings is 2. The van der Waals surface area contributed by atoms with Crippen molar-refractivity contribution < 1.29 is 14.4 Å². The highest BCUT2D eigenvalue weighted by Crippen LogP contribution is 2.33. The molecule has 1 amide bonds. The predicted octanol–water partition coefficient (Wildman–Crippen LogP) is 4.08. The Morgan fingerprint density at radius 3 is 2.68 bits per heavy atom. The summed E-state index contributed by atoms with van der Waals surface area (Å²) in [6.45, 7) is 0. The minimum atomic E-state index is -0.715. The van der Waals surface area contributed by atoms with Gasteiger partial charge in [0.1, 0.15) is 11.8 Å². The van der Waals surface area contributed by atoms with E-state index in [9.17, 15) is 9.70 Å². The molecule has 1 aliphatic heterocycles. The molecule has 0 aliphatic carbocycles. The van der Waals surface area contributed by atoms with E-state index >= 15 is 0 Å². The van der Waals surface area contributed by atoms with Gasteiger partial charge in [-0.15, -0.1) is 4.91 Å². The Hall–Kier alpha value is -4.07. The highest BCUT2D eigenvalue weighted by Gasteiger charge is 2.29. The number of carbonyl (C=O) groups excluding carboxylic acids is 1. The van der Waals surface area contributed by atoms with E-state index in [0.29, 0.717) is 34.7 Å². The zero-order valence-corrected chi connectivity index (χ0v) is 16.8. The number of para-hydroxylation sites is 1. The molecule has 0 radical (unpaired) electrons. The van der Waals surface area contributed by atoms with E-state index in [-0.39, 0.29) is 5.91 Å². The van der Waals surface area contributed by atoms with Gasteiger partial charge in [0.15, 0.2) is 0 Å². The van der Waals surface area contributed by atoms with E-state index in [1.807, 2.05) is 18.2 Å². The van der Waals surface area contributed by atoms with Crippen LogP contribution in [0, 0.1) is 4.91 Å². The third kappa shape index (κ3) is 4.42. The van der Waals surface area contributed by atoms with Crippen LogP contribution in [0.4, 0.5) is 5.69 Å². The second-order valence-electron chi connectivity index (χ2n) is 6.94. The van der Waals surface area contributed by atoms with Gasteiger partial charge in [-0.2, -0.15) is 0 Å². The first kappa shape index (κ1) is 20.2.